The van der Waals surface area contributed by atoms with Crippen molar-refractivity contribution in [2.24, 2.45) is 0 Å². The van der Waals surface area contributed by atoms with Crippen LogP contribution in [0.25, 0.3) is 88.0 Å². The molecule has 0 aliphatic carbocycles. The second-order valence-corrected chi connectivity index (χ2v) is 10.4. The van der Waals surface area contributed by atoms with Crippen LogP contribution >= 0.6 is 0 Å². The van der Waals surface area contributed by atoms with Crippen molar-refractivity contribution in [1.82, 2.24) is 0 Å². The Morgan fingerprint density at radius 1 is 0.378 bits per heavy atom. The van der Waals surface area contributed by atoms with Crippen molar-refractivity contribution < 1.29 is 27.7 Å². The van der Waals surface area contributed by atoms with Crippen LogP contribution in [0, 0.1) is 0 Å². The standard InChI is InChI=1S/C44H28O/c1-3-12-29(13-4-1)33-26-27-39-41(28-33)45-40-21-11-20-34(44(39)40)30-22-24-32(25-23-30)43-37-18-9-7-16-35(37)42(31-14-5-2-6-15-31)36-17-8-10-19-38(36)43/h1-28H/i2D,5D,6D,7D,8D,9D,10D,14D,15D,16D,17D,18D,19D,22D,23D,24D,25D. The van der Waals surface area contributed by atoms with Crippen molar-refractivity contribution in [1.29, 1.82) is 0 Å². The zero-order valence-corrected chi connectivity index (χ0v) is 23.3. The molecule has 0 unspecified atom stereocenters. The molecule has 1 nitrogen and oxygen atoms in total. The third-order valence-electron chi connectivity index (χ3n) is 7.87. The fraction of sp³-hybridized carbons (Fsp3) is 0. The summed E-state index contributed by atoms with van der Waals surface area (Å²) in [6.45, 7) is 0. The van der Waals surface area contributed by atoms with Crippen LogP contribution in [-0.2, 0) is 0 Å². The normalized spacial score (nSPS) is 16.8. The van der Waals surface area contributed by atoms with E-state index in [1.807, 2.05) is 48.5 Å². The Labute approximate surface area is 285 Å². The smallest absolute Gasteiger partial charge is 0.136 e. The lowest BCUT2D eigenvalue weighted by Gasteiger charge is -2.18. The predicted octanol–water partition coefficient (Wildman–Crippen LogP) is 12.6. The third kappa shape index (κ3) is 4.17. The van der Waals surface area contributed by atoms with Gasteiger partial charge in [-0.05, 0) is 84.3 Å². The molecule has 45 heavy (non-hydrogen) atoms. The summed E-state index contributed by atoms with van der Waals surface area (Å²) in [5, 5.41) is -0.941. The zero-order chi connectivity index (χ0) is 44.5. The van der Waals surface area contributed by atoms with Crippen LogP contribution in [0.1, 0.15) is 23.3 Å². The van der Waals surface area contributed by atoms with E-state index in [0.29, 0.717) is 21.9 Å². The van der Waals surface area contributed by atoms with Gasteiger partial charge >= 0.3 is 0 Å². The molecule has 1 aromatic heterocycles. The second kappa shape index (κ2) is 10.4. The van der Waals surface area contributed by atoms with Gasteiger partial charge in [0.25, 0.3) is 0 Å². The second-order valence-electron chi connectivity index (χ2n) is 10.4. The SMILES string of the molecule is [2H]c1c([2H])c([2H])c(-c2c3c([2H])c([2H])c([2H])c([2H])c3c(-c3c([2H])c([2H])c(-c4cccc5oc6cc(-c7ccccc7)ccc6c45)c([2H])c3[2H])c3c([2H])c([2H])c([2H])c([2H])c23)c([2H])c1[2H]. The highest BCUT2D eigenvalue weighted by Crippen LogP contribution is 2.44. The summed E-state index contributed by atoms with van der Waals surface area (Å²) in [6.07, 6.45) is 0. The molecule has 1 heteroatoms. The zero-order valence-electron chi connectivity index (χ0n) is 40.3. The highest BCUT2D eigenvalue weighted by molar-refractivity contribution is 6.21. The molecule has 0 amide bonds. The van der Waals surface area contributed by atoms with E-state index in [4.69, 9.17) is 16.8 Å². The molecule has 9 aromatic rings. The Morgan fingerprint density at radius 2 is 0.956 bits per heavy atom. The van der Waals surface area contributed by atoms with E-state index >= 15 is 0 Å². The Kier molecular flexibility index (Phi) is 3.18. The number of furan rings is 1. The molecule has 0 saturated carbocycles. The number of hydrogen-bond donors (Lipinski definition) is 0. The maximum absolute atomic E-state index is 9.55. The molecule has 0 atom stereocenters. The van der Waals surface area contributed by atoms with Crippen LogP contribution < -0.4 is 0 Å². The maximum Gasteiger partial charge on any atom is 0.136 e. The van der Waals surface area contributed by atoms with Gasteiger partial charge in [0, 0.05) is 10.8 Å². The van der Waals surface area contributed by atoms with E-state index in [2.05, 4.69) is 0 Å². The van der Waals surface area contributed by atoms with Crippen LogP contribution in [0.2, 0.25) is 0 Å². The van der Waals surface area contributed by atoms with Crippen LogP contribution in [-0.4, -0.2) is 0 Å². The summed E-state index contributed by atoms with van der Waals surface area (Å²) in [5.74, 6) is 0. The first-order valence-electron chi connectivity index (χ1n) is 22.6. The lowest BCUT2D eigenvalue weighted by atomic mass is 9.85. The summed E-state index contributed by atoms with van der Waals surface area (Å²) in [7, 11) is 0. The average Bonchev–Trinajstić information content (AvgIpc) is 3.65. The minimum Gasteiger partial charge on any atom is -0.456 e. The largest absolute Gasteiger partial charge is 0.456 e. The van der Waals surface area contributed by atoms with Gasteiger partial charge in [0.1, 0.15) is 11.2 Å². The molecule has 0 radical (unpaired) electrons. The van der Waals surface area contributed by atoms with E-state index in [0.717, 1.165) is 11.1 Å². The van der Waals surface area contributed by atoms with Crippen molar-refractivity contribution in [3.63, 3.8) is 0 Å². The fourth-order valence-electron chi connectivity index (χ4n) is 5.92. The van der Waals surface area contributed by atoms with Gasteiger partial charge in [-0.2, -0.15) is 0 Å². The highest BCUT2D eigenvalue weighted by atomic mass is 16.3. The van der Waals surface area contributed by atoms with Gasteiger partial charge in [0.05, 0.1) is 23.3 Å². The summed E-state index contributed by atoms with van der Waals surface area (Å²) in [4.78, 5) is 0. The first-order valence-corrected chi connectivity index (χ1v) is 14.1. The molecule has 1 heterocycles. The fourth-order valence-corrected chi connectivity index (χ4v) is 5.92. The molecule has 0 saturated heterocycles. The number of rotatable bonds is 4. The van der Waals surface area contributed by atoms with Crippen LogP contribution in [0.15, 0.2) is 174 Å². The number of fused-ring (bicyclic) bond motifs is 5. The summed E-state index contributed by atoms with van der Waals surface area (Å²) in [6, 6.07) is 7.04. The Balaban J connectivity index is 1.45. The molecule has 0 spiro atoms. The van der Waals surface area contributed by atoms with E-state index in [1.54, 1.807) is 18.2 Å². The Bertz CT molecular complexity index is 3350. The van der Waals surface area contributed by atoms with Gasteiger partial charge in [-0.1, -0.05) is 151 Å². The van der Waals surface area contributed by atoms with E-state index in [1.165, 1.54) is 0 Å². The molecular weight excluding hydrogens is 544 g/mol. The van der Waals surface area contributed by atoms with Gasteiger partial charge in [-0.15, -0.1) is 0 Å². The van der Waals surface area contributed by atoms with E-state index < -0.39 is 147 Å². The monoisotopic (exact) mass is 589 g/mol. The predicted molar refractivity (Wildman–Crippen MR) is 190 cm³/mol. The molecule has 9 rings (SSSR count). The quantitative estimate of drug-likeness (QED) is 0.186. The maximum atomic E-state index is 9.55. The van der Waals surface area contributed by atoms with Crippen LogP contribution in [0.5, 0.6) is 0 Å². The van der Waals surface area contributed by atoms with Crippen molar-refractivity contribution in [2.45, 2.75) is 0 Å². The molecule has 0 N–H and O–H groups in total. The topological polar surface area (TPSA) is 13.1 Å². The number of benzene rings is 8. The molecule has 210 valence electrons. The van der Waals surface area contributed by atoms with Gasteiger partial charge in [0.2, 0.25) is 0 Å². The molecule has 8 aromatic carbocycles. The molecule has 0 fully saturated rings. The van der Waals surface area contributed by atoms with Crippen molar-refractivity contribution in [2.75, 3.05) is 0 Å². The summed E-state index contributed by atoms with van der Waals surface area (Å²) >= 11 is 0. The van der Waals surface area contributed by atoms with Crippen molar-refractivity contribution >= 4 is 43.5 Å². The lowest BCUT2D eigenvalue weighted by molar-refractivity contribution is 0.669. The molecule has 0 aliphatic heterocycles. The first kappa shape index (κ1) is 13.8. The average molecular weight is 590 g/mol. The number of hydrogen-bond acceptors (Lipinski definition) is 1. The van der Waals surface area contributed by atoms with Gasteiger partial charge in [0.15, 0.2) is 0 Å². The summed E-state index contributed by atoms with van der Waals surface area (Å²) in [5.41, 5.74) is 0.685. The Morgan fingerprint density at radius 3 is 1.60 bits per heavy atom. The van der Waals surface area contributed by atoms with Gasteiger partial charge in [-0.25, -0.2) is 0 Å². The van der Waals surface area contributed by atoms with Gasteiger partial charge < -0.3 is 4.42 Å². The minimum absolute atomic E-state index is 0.141. The first-order chi connectivity index (χ1) is 29.4. The van der Waals surface area contributed by atoms with Gasteiger partial charge in [-0.3, -0.25) is 0 Å². The minimum atomic E-state index is -0.825. The lowest BCUT2D eigenvalue weighted by Crippen LogP contribution is -1.90. The van der Waals surface area contributed by atoms with Crippen LogP contribution in [0.4, 0.5) is 0 Å². The Hall–Kier alpha value is -5.92. The highest BCUT2D eigenvalue weighted by Gasteiger charge is 2.17. The van der Waals surface area contributed by atoms with Crippen molar-refractivity contribution in [3.05, 3.63) is 169 Å². The third-order valence-corrected chi connectivity index (χ3v) is 7.87. The van der Waals surface area contributed by atoms with E-state index in [-0.39, 0.29) is 11.1 Å². The summed E-state index contributed by atoms with van der Waals surface area (Å²) < 4.78 is 159. The molecule has 0 bridgehead atoms. The van der Waals surface area contributed by atoms with E-state index in [9.17, 15) is 11.0 Å². The van der Waals surface area contributed by atoms with Crippen LogP contribution in [0.3, 0.4) is 0 Å². The van der Waals surface area contributed by atoms with Crippen molar-refractivity contribution in [3.8, 4) is 44.5 Å². The molecule has 0 aliphatic rings. The molecular formula is C44H28O.